The van der Waals surface area contributed by atoms with E-state index >= 15 is 0 Å². The summed E-state index contributed by atoms with van der Waals surface area (Å²) in [5.74, 6) is -0.613. The molecule has 0 unspecified atom stereocenters. The second-order valence-corrected chi connectivity index (χ2v) is 9.53. The number of hydrogen-bond donors (Lipinski definition) is 1. The Balaban J connectivity index is 1.79. The number of aryl methyl sites for hydroxylation is 2. The molecule has 0 saturated carbocycles. The summed E-state index contributed by atoms with van der Waals surface area (Å²) in [5.41, 5.74) is 5.24. The first-order valence-electron chi connectivity index (χ1n) is 11.2. The molecule has 1 fully saturated rings. The van der Waals surface area contributed by atoms with Crippen molar-refractivity contribution < 1.29 is 14.4 Å². The highest BCUT2D eigenvalue weighted by Gasteiger charge is 2.28. The van der Waals surface area contributed by atoms with Gasteiger partial charge in [0.05, 0.1) is 0 Å². The summed E-state index contributed by atoms with van der Waals surface area (Å²) in [6.07, 6.45) is 4.39. The largest absolute Gasteiger partial charge is 0.354 e. The van der Waals surface area contributed by atoms with Gasteiger partial charge in [0.1, 0.15) is 0 Å². The summed E-state index contributed by atoms with van der Waals surface area (Å²) in [7, 11) is 0. The molecule has 2 aromatic rings. The van der Waals surface area contributed by atoms with Crippen molar-refractivity contribution in [2.24, 2.45) is 0 Å². The van der Waals surface area contributed by atoms with Crippen molar-refractivity contribution in [3.63, 3.8) is 0 Å². The molecule has 7 heteroatoms. The zero-order valence-electron chi connectivity index (χ0n) is 19.3. The molecule has 2 amide bonds. The van der Waals surface area contributed by atoms with Crippen LogP contribution in [-0.2, 0) is 14.4 Å². The van der Waals surface area contributed by atoms with Crippen LogP contribution in [0.2, 0.25) is 0 Å². The van der Waals surface area contributed by atoms with Crippen LogP contribution in [0.25, 0.3) is 12.2 Å². The standard InChI is InChI=1S/C27H28Cl2N2O3/c1-18-5-9-20(10-6-18)14-22-16-31(24(32)4-3-13-30-27(34)26(28)29)17-23(25(22)33)15-21-11-7-19(2)8-12-21/h5-12,14-15,26H,3-4,13,16-17H2,1-2H3,(H,30,34)/b22-14+,23-15+. The number of nitrogens with zero attached hydrogens (tertiary/aromatic N) is 1. The van der Waals surface area contributed by atoms with Gasteiger partial charge in [-0.3, -0.25) is 14.4 Å². The first kappa shape index (κ1) is 25.7. The van der Waals surface area contributed by atoms with Crippen molar-refractivity contribution in [3.8, 4) is 0 Å². The van der Waals surface area contributed by atoms with E-state index in [9.17, 15) is 14.4 Å². The molecule has 178 valence electrons. The second-order valence-electron chi connectivity index (χ2n) is 8.43. The number of hydrogen-bond acceptors (Lipinski definition) is 3. The fourth-order valence-electron chi connectivity index (χ4n) is 3.63. The molecule has 1 aliphatic heterocycles. The van der Waals surface area contributed by atoms with E-state index in [1.54, 1.807) is 4.90 Å². The molecule has 0 bridgehead atoms. The molecule has 34 heavy (non-hydrogen) atoms. The van der Waals surface area contributed by atoms with E-state index in [0.717, 1.165) is 22.3 Å². The zero-order valence-corrected chi connectivity index (χ0v) is 20.8. The Labute approximate surface area is 210 Å². The van der Waals surface area contributed by atoms with Crippen molar-refractivity contribution >= 4 is 53.0 Å². The summed E-state index contributed by atoms with van der Waals surface area (Å²) >= 11 is 11.0. The number of piperidine rings is 1. The van der Waals surface area contributed by atoms with Crippen LogP contribution in [0.5, 0.6) is 0 Å². The average Bonchev–Trinajstić information content (AvgIpc) is 2.81. The molecule has 1 saturated heterocycles. The van der Waals surface area contributed by atoms with Crippen molar-refractivity contribution in [3.05, 3.63) is 81.9 Å². The molecule has 0 spiro atoms. The van der Waals surface area contributed by atoms with Crippen molar-refractivity contribution in [2.45, 2.75) is 31.5 Å². The van der Waals surface area contributed by atoms with E-state index in [4.69, 9.17) is 23.2 Å². The highest BCUT2D eigenvalue weighted by Crippen LogP contribution is 2.23. The van der Waals surface area contributed by atoms with E-state index in [1.165, 1.54) is 0 Å². The Morgan fingerprint density at radius 2 is 1.38 bits per heavy atom. The highest BCUT2D eigenvalue weighted by atomic mass is 35.5. The van der Waals surface area contributed by atoms with Gasteiger partial charge < -0.3 is 10.2 Å². The number of carbonyl (C=O) groups excluding carboxylic acids is 3. The van der Waals surface area contributed by atoms with Gasteiger partial charge in [-0.25, -0.2) is 0 Å². The van der Waals surface area contributed by atoms with Gasteiger partial charge in [0.25, 0.3) is 5.91 Å². The number of carbonyl (C=O) groups is 3. The number of nitrogens with one attached hydrogen (secondary N) is 1. The Kier molecular flexibility index (Phi) is 9.08. The van der Waals surface area contributed by atoms with Gasteiger partial charge in [0, 0.05) is 37.2 Å². The summed E-state index contributed by atoms with van der Waals surface area (Å²) < 4.78 is 0. The monoisotopic (exact) mass is 498 g/mol. The van der Waals surface area contributed by atoms with Crippen LogP contribution in [-0.4, -0.2) is 47.0 Å². The van der Waals surface area contributed by atoms with E-state index in [0.29, 0.717) is 24.1 Å². The zero-order chi connectivity index (χ0) is 24.7. The Bertz CT molecular complexity index is 1040. The topological polar surface area (TPSA) is 66.5 Å². The van der Waals surface area contributed by atoms with Gasteiger partial charge in [-0.2, -0.15) is 0 Å². The van der Waals surface area contributed by atoms with Gasteiger partial charge in [0.15, 0.2) is 10.6 Å². The van der Waals surface area contributed by atoms with Crippen LogP contribution in [0.3, 0.4) is 0 Å². The van der Waals surface area contributed by atoms with E-state index in [-0.39, 0.29) is 31.2 Å². The lowest BCUT2D eigenvalue weighted by atomic mass is 9.93. The molecule has 1 heterocycles. The quantitative estimate of drug-likeness (QED) is 0.336. The van der Waals surface area contributed by atoms with E-state index < -0.39 is 10.7 Å². The molecule has 2 aromatic carbocycles. The average molecular weight is 499 g/mol. The van der Waals surface area contributed by atoms with Crippen LogP contribution in [0.15, 0.2) is 59.7 Å². The minimum absolute atomic E-state index is 0.0484. The minimum Gasteiger partial charge on any atom is -0.354 e. The molecular weight excluding hydrogens is 471 g/mol. The van der Waals surface area contributed by atoms with Crippen LogP contribution in [0, 0.1) is 13.8 Å². The number of benzene rings is 2. The SMILES string of the molecule is Cc1ccc(/C=C2\CN(C(=O)CCCNC(=O)C(Cl)Cl)C/C(=C\c3ccc(C)cc3)C2=O)cc1. The summed E-state index contributed by atoms with van der Waals surface area (Å²) in [4.78, 5) is 38.3. The maximum atomic E-state index is 13.3. The van der Waals surface area contributed by atoms with E-state index in [2.05, 4.69) is 5.32 Å². The van der Waals surface area contributed by atoms with Crippen LogP contribution < -0.4 is 5.32 Å². The Hall–Kier alpha value is -2.89. The number of likely N-dealkylation sites (tertiary alicyclic amines) is 1. The Morgan fingerprint density at radius 3 is 1.82 bits per heavy atom. The van der Waals surface area contributed by atoms with Gasteiger partial charge >= 0.3 is 0 Å². The molecule has 0 aromatic heterocycles. The molecular formula is C27H28Cl2N2O3. The maximum Gasteiger partial charge on any atom is 0.253 e. The minimum atomic E-state index is -1.13. The lowest BCUT2D eigenvalue weighted by molar-refractivity contribution is -0.131. The third-order valence-electron chi connectivity index (χ3n) is 5.56. The number of halogens is 2. The lowest BCUT2D eigenvalue weighted by Crippen LogP contribution is -2.41. The van der Waals surface area contributed by atoms with Crippen LogP contribution >= 0.6 is 23.2 Å². The van der Waals surface area contributed by atoms with Gasteiger partial charge in [-0.05, 0) is 43.5 Å². The number of alkyl halides is 2. The molecule has 0 aliphatic carbocycles. The van der Waals surface area contributed by atoms with Crippen LogP contribution in [0.4, 0.5) is 0 Å². The highest BCUT2D eigenvalue weighted by molar-refractivity contribution is 6.53. The smallest absolute Gasteiger partial charge is 0.253 e. The predicted molar refractivity (Wildman–Crippen MR) is 138 cm³/mol. The normalized spacial score (nSPS) is 16.4. The van der Waals surface area contributed by atoms with E-state index in [1.807, 2.05) is 74.5 Å². The van der Waals surface area contributed by atoms with Crippen LogP contribution in [0.1, 0.15) is 35.1 Å². The van der Waals surface area contributed by atoms with Crippen molar-refractivity contribution in [1.29, 1.82) is 0 Å². The van der Waals surface area contributed by atoms with Gasteiger partial charge in [-0.15, -0.1) is 0 Å². The van der Waals surface area contributed by atoms with Crippen molar-refractivity contribution in [1.82, 2.24) is 10.2 Å². The fourth-order valence-corrected chi connectivity index (χ4v) is 3.78. The van der Waals surface area contributed by atoms with Gasteiger partial charge in [-0.1, -0.05) is 82.9 Å². The number of Topliss-reactive ketones (excluding diaryl/α,β-unsaturated/α-hetero) is 1. The molecule has 1 N–H and O–H groups in total. The summed E-state index contributed by atoms with van der Waals surface area (Å²) in [5, 5.41) is 2.59. The molecule has 5 nitrogen and oxygen atoms in total. The summed E-state index contributed by atoms with van der Waals surface area (Å²) in [6, 6.07) is 15.8. The van der Waals surface area contributed by atoms with Crippen molar-refractivity contribution in [2.75, 3.05) is 19.6 Å². The predicted octanol–water partition coefficient (Wildman–Crippen LogP) is 4.88. The number of ketones is 1. The number of rotatable bonds is 7. The second kappa shape index (κ2) is 12.0. The fraction of sp³-hybridized carbons (Fsp3) is 0.296. The molecule has 0 atom stereocenters. The lowest BCUT2D eigenvalue weighted by Gasteiger charge is -2.30. The first-order chi connectivity index (χ1) is 16.2. The Morgan fingerprint density at radius 1 is 0.912 bits per heavy atom. The van der Waals surface area contributed by atoms with Gasteiger partial charge in [0.2, 0.25) is 5.91 Å². The molecule has 0 radical (unpaired) electrons. The maximum absolute atomic E-state index is 13.3. The molecule has 3 rings (SSSR count). The number of amides is 2. The molecule has 1 aliphatic rings. The summed E-state index contributed by atoms with van der Waals surface area (Å²) in [6.45, 7) is 4.80. The third-order valence-corrected chi connectivity index (χ3v) is 5.96. The first-order valence-corrected chi connectivity index (χ1v) is 12.0. The third kappa shape index (κ3) is 7.31.